The molecule has 4 nitrogen and oxygen atoms in total. The number of aromatic nitrogens is 3. The van der Waals surface area contributed by atoms with Crippen molar-refractivity contribution in [1.29, 1.82) is 0 Å². The van der Waals surface area contributed by atoms with Gasteiger partial charge in [-0.25, -0.2) is 9.97 Å². The van der Waals surface area contributed by atoms with Gasteiger partial charge in [0.25, 0.3) is 5.56 Å². The zero-order valence-corrected chi connectivity index (χ0v) is 20.0. The first-order valence-electron chi connectivity index (χ1n) is 10.2. The van der Waals surface area contributed by atoms with E-state index in [1.807, 2.05) is 36.4 Å². The summed E-state index contributed by atoms with van der Waals surface area (Å²) >= 11 is 9.40. The number of pyridine rings is 1. The summed E-state index contributed by atoms with van der Waals surface area (Å²) in [5, 5.41) is 2.25. The Balaban J connectivity index is 1.65. The third kappa shape index (κ3) is 3.94. The molecule has 0 amide bonds. The predicted octanol–water partition coefficient (Wildman–Crippen LogP) is 6.62. The standard InChI is InChI=1S/C25H20ClN3OS2/c1-15-9-10-16(2)18(12-15)14-31-25-28-21-19-7-5-11-27-23(19)32-22(21)24(30)29(25)13-17-6-3-4-8-20(17)26/h3-12H,13-14H2,1-2H3. The van der Waals surface area contributed by atoms with Crippen molar-refractivity contribution in [1.82, 2.24) is 14.5 Å². The summed E-state index contributed by atoms with van der Waals surface area (Å²) in [5.41, 5.74) is 5.26. The molecule has 160 valence electrons. The van der Waals surface area contributed by atoms with Gasteiger partial charge in [0.1, 0.15) is 9.53 Å². The molecule has 32 heavy (non-hydrogen) atoms. The van der Waals surface area contributed by atoms with E-state index >= 15 is 0 Å². The van der Waals surface area contributed by atoms with E-state index in [1.54, 1.807) is 22.5 Å². The molecule has 0 N–H and O–H groups in total. The maximum Gasteiger partial charge on any atom is 0.272 e. The molecule has 0 unspecified atom stereocenters. The van der Waals surface area contributed by atoms with Crippen molar-refractivity contribution >= 4 is 55.1 Å². The third-order valence-electron chi connectivity index (χ3n) is 5.47. The summed E-state index contributed by atoms with van der Waals surface area (Å²) in [6.07, 6.45) is 1.75. The first kappa shape index (κ1) is 21.2. The molecular weight excluding hydrogens is 458 g/mol. The fourth-order valence-corrected chi connectivity index (χ4v) is 5.97. The molecule has 0 spiro atoms. The van der Waals surface area contributed by atoms with Crippen LogP contribution in [0.25, 0.3) is 20.4 Å². The monoisotopic (exact) mass is 477 g/mol. The second kappa shape index (κ2) is 8.70. The van der Waals surface area contributed by atoms with Crippen LogP contribution in [-0.4, -0.2) is 14.5 Å². The van der Waals surface area contributed by atoms with Crippen LogP contribution in [0, 0.1) is 13.8 Å². The molecule has 5 rings (SSSR count). The third-order valence-corrected chi connectivity index (χ3v) is 7.95. The molecule has 0 fully saturated rings. The number of hydrogen-bond donors (Lipinski definition) is 0. The van der Waals surface area contributed by atoms with Crippen molar-refractivity contribution in [2.75, 3.05) is 0 Å². The molecule has 2 aromatic carbocycles. The van der Waals surface area contributed by atoms with E-state index in [-0.39, 0.29) is 5.56 Å². The van der Waals surface area contributed by atoms with Gasteiger partial charge in [0, 0.05) is 22.4 Å². The van der Waals surface area contributed by atoms with Crippen LogP contribution in [0.15, 0.2) is 70.7 Å². The van der Waals surface area contributed by atoms with Gasteiger partial charge in [0.2, 0.25) is 0 Å². The molecule has 3 heterocycles. The summed E-state index contributed by atoms with van der Waals surface area (Å²) in [7, 11) is 0. The van der Waals surface area contributed by atoms with Gasteiger partial charge in [-0.15, -0.1) is 11.3 Å². The minimum absolute atomic E-state index is 0.0543. The van der Waals surface area contributed by atoms with Crippen LogP contribution >= 0.6 is 34.7 Å². The summed E-state index contributed by atoms with van der Waals surface area (Å²) in [6, 6.07) is 17.9. The summed E-state index contributed by atoms with van der Waals surface area (Å²) in [6.45, 7) is 4.58. The quantitative estimate of drug-likeness (QED) is 0.211. The second-order valence-electron chi connectivity index (χ2n) is 7.73. The lowest BCUT2D eigenvalue weighted by Gasteiger charge is -2.14. The van der Waals surface area contributed by atoms with Gasteiger partial charge in [-0.05, 0) is 48.7 Å². The molecule has 0 bridgehead atoms. The molecule has 0 radical (unpaired) electrons. The summed E-state index contributed by atoms with van der Waals surface area (Å²) in [5.74, 6) is 0.730. The molecule has 0 saturated carbocycles. The first-order valence-corrected chi connectivity index (χ1v) is 12.4. The van der Waals surface area contributed by atoms with E-state index in [0.717, 1.165) is 27.0 Å². The van der Waals surface area contributed by atoms with Crippen molar-refractivity contribution in [3.05, 3.63) is 98.4 Å². The highest BCUT2D eigenvalue weighted by atomic mass is 35.5. The Morgan fingerprint density at radius 2 is 1.91 bits per heavy atom. The Bertz CT molecular complexity index is 1520. The van der Waals surface area contributed by atoms with E-state index in [4.69, 9.17) is 16.6 Å². The first-order chi connectivity index (χ1) is 15.5. The predicted molar refractivity (Wildman–Crippen MR) is 135 cm³/mol. The largest absolute Gasteiger partial charge is 0.282 e. The Morgan fingerprint density at radius 1 is 1.06 bits per heavy atom. The lowest BCUT2D eigenvalue weighted by Crippen LogP contribution is -2.23. The van der Waals surface area contributed by atoms with Gasteiger partial charge in [-0.2, -0.15) is 0 Å². The Morgan fingerprint density at radius 3 is 2.75 bits per heavy atom. The highest BCUT2D eigenvalue weighted by Crippen LogP contribution is 2.32. The molecule has 0 aliphatic carbocycles. The Kier molecular flexibility index (Phi) is 5.76. The van der Waals surface area contributed by atoms with Gasteiger partial charge in [-0.3, -0.25) is 9.36 Å². The van der Waals surface area contributed by atoms with Crippen molar-refractivity contribution in [2.45, 2.75) is 31.3 Å². The molecule has 3 aromatic heterocycles. The van der Waals surface area contributed by atoms with Gasteiger partial charge < -0.3 is 0 Å². The van der Waals surface area contributed by atoms with Crippen molar-refractivity contribution in [3.8, 4) is 0 Å². The lowest BCUT2D eigenvalue weighted by atomic mass is 10.1. The van der Waals surface area contributed by atoms with Gasteiger partial charge >= 0.3 is 0 Å². The van der Waals surface area contributed by atoms with Crippen LogP contribution in [0.3, 0.4) is 0 Å². The average Bonchev–Trinajstić information content (AvgIpc) is 3.17. The number of aryl methyl sites for hydroxylation is 2. The van der Waals surface area contributed by atoms with E-state index < -0.39 is 0 Å². The van der Waals surface area contributed by atoms with Gasteiger partial charge in [-0.1, -0.05) is 65.3 Å². The number of benzene rings is 2. The molecule has 5 aromatic rings. The minimum atomic E-state index is -0.0543. The van der Waals surface area contributed by atoms with Crippen molar-refractivity contribution < 1.29 is 0 Å². The molecule has 7 heteroatoms. The van der Waals surface area contributed by atoms with Crippen LogP contribution in [0.5, 0.6) is 0 Å². The zero-order valence-electron chi connectivity index (χ0n) is 17.6. The highest BCUT2D eigenvalue weighted by molar-refractivity contribution is 7.98. The maximum atomic E-state index is 13.6. The summed E-state index contributed by atoms with van der Waals surface area (Å²) in [4.78, 5) is 23.8. The van der Waals surface area contributed by atoms with Crippen LogP contribution in [0.4, 0.5) is 0 Å². The Labute approximate surface area is 198 Å². The van der Waals surface area contributed by atoms with E-state index in [9.17, 15) is 4.79 Å². The number of fused-ring (bicyclic) bond motifs is 3. The zero-order chi connectivity index (χ0) is 22.2. The number of nitrogens with zero attached hydrogens (tertiary/aromatic N) is 3. The van der Waals surface area contributed by atoms with Crippen molar-refractivity contribution in [2.24, 2.45) is 0 Å². The van der Waals surface area contributed by atoms with Crippen LogP contribution < -0.4 is 5.56 Å². The van der Waals surface area contributed by atoms with Gasteiger partial charge in [0.15, 0.2) is 5.16 Å². The van der Waals surface area contributed by atoms with E-state index in [1.165, 1.54) is 28.0 Å². The maximum absolute atomic E-state index is 13.6. The molecule has 0 saturated heterocycles. The fraction of sp³-hybridized carbons (Fsp3) is 0.160. The van der Waals surface area contributed by atoms with Gasteiger partial charge in [0.05, 0.1) is 12.1 Å². The number of hydrogen-bond acceptors (Lipinski definition) is 5. The SMILES string of the molecule is Cc1ccc(C)c(CSc2nc3c(sc4ncccc43)c(=O)n2Cc2ccccc2Cl)c1. The highest BCUT2D eigenvalue weighted by Gasteiger charge is 2.18. The molecule has 0 aliphatic rings. The number of thioether (sulfide) groups is 1. The number of rotatable bonds is 5. The lowest BCUT2D eigenvalue weighted by molar-refractivity contribution is 0.660. The topological polar surface area (TPSA) is 47.8 Å². The van der Waals surface area contributed by atoms with Crippen LogP contribution in [0.1, 0.15) is 22.3 Å². The molecule has 0 atom stereocenters. The Hall–Kier alpha value is -2.67. The fourth-order valence-electron chi connectivity index (χ4n) is 3.69. The smallest absolute Gasteiger partial charge is 0.272 e. The number of thiophene rings is 1. The number of halogens is 1. The molecular formula is C25H20ClN3OS2. The van der Waals surface area contributed by atoms with Crippen LogP contribution in [0.2, 0.25) is 5.02 Å². The second-order valence-corrected chi connectivity index (χ2v) is 10.1. The average molecular weight is 478 g/mol. The van der Waals surface area contributed by atoms with E-state index in [0.29, 0.717) is 21.4 Å². The summed E-state index contributed by atoms with van der Waals surface area (Å²) < 4.78 is 2.37. The van der Waals surface area contributed by atoms with Crippen LogP contribution in [-0.2, 0) is 12.3 Å². The molecule has 0 aliphatic heterocycles. The normalized spacial score (nSPS) is 11.5. The minimum Gasteiger partial charge on any atom is -0.282 e. The van der Waals surface area contributed by atoms with E-state index in [2.05, 4.69) is 37.0 Å². The van der Waals surface area contributed by atoms with Crippen molar-refractivity contribution in [3.63, 3.8) is 0 Å².